The van der Waals surface area contributed by atoms with Crippen LogP contribution in [-0.4, -0.2) is 28.0 Å². The van der Waals surface area contributed by atoms with Crippen LogP contribution in [0.5, 0.6) is 5.75 Å². The molecule has 1 heterocycles. The molecule has 0 unspecified atom stereocenters. The van der Waals surface area contributed by atoms with Crippen molar-refractivity contribution < 1.29 is 22.7 Å². The first kappa shape index (κ1) is 26.7. The maximum absolute atomic E-state index is 13.3. The number of carbonyl (C=O) groups excluding carboxylic acids is 1. The van der Waals surface area contributed by atoms with Crippen LogP contribution in [0, 0.1) is 6.92 Å². The van der Waals surface area contributed by atoms with Crippen molar-refractivity contribution in [1.29, 1.82) is 0 Å². The van der Waals surface area contributed by atoms with Crippen LogP contribution < -0.4 is 4.74 Å². The summed E-state index contributed by atoms with van der Waals surface area (Å²) in [7, 11) is 0. The minimum absolute atomic E-state index is 0.0185. The second-order valence-electron chi connectivity index (χ2n) is 10.7. The van der Waals surface area contributed by atoms with E-state index in [2.05, 4.69) is 38.5 Å². The number of alkyl halides is 3. The van der Waals surface area contributed by atoms with Crippen LogP contribution >= 0.6 is 24.0 Å². The Morgan fingerprint density at radius 2 is 1.67 bits per heavy atom. The molecule has 0 bridgehead atoms. The van der Waals surface area contributed by atoms with Gasteiger partial charge in [-0.3, -0.25) is 9.69 Å². The van der Waals surface area contributed by atoms with Crippen molar-refractivity contribution in [3.8, 4) is 16.9 Å². The molecule has 0 aromatic heterocycles. The predicted octanol–water partition coefficient (Wildman–Crippen LogP) is 8.13. The number of rotatable bonds is 4. The van der Waals surface area contributed by atoms with Crippen molar-refractivity contribution in [2.45, 2.75) is 71.6 Å². The highest BCUT2D eigenvalue weighted by Gasteiger charge is 2.38. The smallest absolute Gasteiger partial charge is 0.405 e. The molecule has 0 radical (unpaired) electrons. The van der Waals surface area contributed by atoms with Gasteiger partial charge < -0.3 is 4.74 Å². The average Bonchev–Trinajstić information content (AvgIpc) is 3.03. The summed E-state index contributed by atoms with van der Waals surface area (Å²) in [6, 6.07) is 8.66. The van der Waals surface area contributed by atoms with E-state index in [-0.39, 0.29) is 22.5 Å². The van der Waals surface area contributed by atoms with E-state index in [1.165, 1.54) is 34.4 Å². The first-order valence-corrected chi connectivity index (χ1v) is 13.2. The Hall–Kier alpha value is -2.32. The zero-order valence-electron chi connectivity index (χ0n) is 21.3. The maximum atomic E-state index is 13.3. The predicted molar refractivity (Wildman–Crippen MR) is 144 cm³/mol. The summed E-state index contributed by atoms with van der Waals surface area (Å²) in [5.41, 5.74) is 4.76. The molecule has 3 nitrogen and oxygen atoms in total. The molecule has 1 aliphatic carbocycles. The van der Waals surface area contributed by atoms with Crippen LogP contribution in [0.2, 0.25) is 0 Å². The van der Waals surface area contributed by atoms with Gasteiger partial charge in [0.25, 0.3) is 5.91 Å². The third kappa shape index (κ3) is 5.07. The minimum atomic E-state index is -4.83. The van der Waals surface area contributed by atoms with Crippen LogP contribution in [0.25, 0.3) is 17.2 Å². The van der Waals surface area contributed by atoms with E-state index in [4.69, 9.17) is 12.2 Å². The summed E-state index contributed by atoms with van der Waals surface area (Å²) in [4.78, 5) is 14.6. The number of thiocarbonyl (C=S) groups is 1. The normalized spacial score (nSPS) is 20.1. The highest BCUT2D eigenvalue weighted by molar-refractivity contribution is 8.26. The lowest BCUT2D eigenvalue weighted by atomic mass is 9.62. The number of hydrogen-bond acceptors (Lipinski definition) is 4. The summed E-state index contributed by atoms with van der Waals surface area (Å²) in [6.07, 6.45) is -1.12. The Kier molecular flexibility index (Phi) is 6.84. The van der Waals surface area contributed by atoms with Crippen molar-refractivity contribution in [3.05, 3.63) is 57.5 Å². The molecule has 4 rings (SSSR count). The van der Waals surface area contributed by atoms with Gasteiger partial charge in [0.2, 0.25) is 0 Å². The first-order chi connectivity index (χ1) is 16.6. The topological polar surface area (TPSA) is 29.5 Å². The Balaban J connectivity index is 1.89. The molecule has 8 heteroatoms. The first-order valence-electron chi connectivity index (χ1n) is 11.9. The lowest BCUT2D eigenvalue weighted by Gasteiger charge is -2.42. The van der Waals surface area contributed by atoms with Crippen LogP contribution in [0.4, 0.5) is 13.2 Å². The lowest BCUT2D eigenvalue weighted by molar-refractivity contribution is -0.274. The molecule has 2 aromatic carbocycles. The van der Waals surface area contributed by atoms with E-state index in [0.29, 0.717) is 32.5 Å². The maximum Gasteiger partial charge on any atom is 0.573 e. The number of fused-ring (bicyclic) bond motifs is 1. The number of hydrogen-bond donors (Lipinski definition) is 0. The fourth-order valence-electron chi connectivity index (χ4n) is 5.00. The van der Waals surface area contributed by atoms with E-state index in [9.17, 15) is 18.0 Å². The van der Waals surface area contributed by atoms with Gasteiger partial charge in [-0.25, -0.2) is 0 Å². The molecule has 0 saturated carbocycles. The third-order valence-electron chi connectivity index (χ3n) is 7.20. The number of aryl methyl sites for hydroxylation is 1. The molecule has 0 atom stereocenters. The number of benzene rings is 2. The monoisotopic (exact) mass is 533 g/mol. The lowest BCUT2D eigenvalue weighted by Crippen LogP contribution is -2.34. The van der Waals surface area contributed by atoms with E-state index in [1.54, 1.807) is 12.1 Å². The summed E-state index contributed by atoms with van der Waals surface area (Å²) < 4.78 is 44.9. The molecular weight excluding hydrogens is 503 g/mol. The van der Waals surface area contributed by atoms with Crippen LogP contribution in [0.3, 0.4) is 0 Å². The molecule has 2 aliphatic rings. The van der Waals surface area contributed by atoms with Crippen molar-refractivity contribution in [2.75, 3.05) is 6.54 Å². The summed E-state index contributed by atoms with van der Waals surface area (Å²) >= 11 is 6.48. The highest BCUT2D eigenvalue weighted by Crippen LogP contribution is 2.49. The second kappa shape index (κ2) is 9.21. The number of nitrogens with zero attached hydrogens (tertiary/aromatic N) is 1. The van der Waals surface area contributed by atoms with Crippen molar-refractivity contribution in [1.82, 2.24) is 4.90 Å². The molecule has 36 heavy (non-hydrogen) atoms. The molecule has 0 N–H and O–H groups in total. The Morgan fingerprint density at radius 1 is 1.06 bits per heavy atom. The van der Waals surface area contributed by atoms with Crippen LogP contribution in [0.1, 0.15) is 69.7 Å². The fraction of sp³-hybridized carbons (Fsp3) is 0.429. The third-order valence-corrected chi connectivity index (χ3v) is 8.58. The van der Waals surface area contributed by atoms with Gasteiger partial charge in [-0.2, -0.15) is 0 Å². The zero-order valence-corrected chi connectivity index (χ0v) is 22.9. The quantitative estimate of drug-likeness (QED) is 0.293. The number of thioether (sulfide) groups is 1. The molecule has 1 fully saturated rings. The molecule has 2 aromatic rings. The van der Waals surface area contributed by atoms with Gasteiger partial charge in [-0.1, -0.05) is 63.8 Å². The Labute approximate surface area is 220 Å². The van der Waals surface area contributed by atoms with Crippen LogP contribution in [-0.2, 0) is 15.6 Å². The van der Waals surface area contributed by atoms with Gasteiger partial charge in [0, 0.05) is 12.1 Å². The van der Waals surface area contributed by atoms with Gasteiger partial charge in [0.05, 0.1) is 4.91 Å². The van der Waals surface area contributed by atoms with Gasteiger partial charge in [-0.05, 0) is 89.6 Å². The van der Waals surface area contributed by atoms with Crippen LogP contribution in [0.15, 0.2) is 35.2 Å². The van der Waals surface area contributed by atoms with Gasteiger partial charge in [-0.15, -0.1) is 13.2 Å². The Morgan fingerprint density at radius 3 is 2.22 bits per heavy atom. The number of halogens is 3. The number of likely N-dealkylation sites (N-methyl/N-ethyl adjacent to an activating group) is 1. The summed E-state index contributed by atoms with van der Waals surface area (Å²) in [6.45, 7) is 13.0. The molecular formula is C28H30F3NO2S2. The molecule has 1 saturated heterocycles. The number of carbonyl (C=O) groups is 1. The van der Waals surface area contributed by atoms with Crippen molar-refractivity contribution in [3.63, 3.8) is 0 Å². The van der Waals surface area contributed by atoms with Gasteiger partial charge >= 0.3 is 6.36 Å². The van der Waals surface area contributed by atoms with Gasteiger partial charge in [0.15, 0.2) is 0 Å². The SMILES string of the molecule is CCN1C(=O)C(=Cc2ccc(OC(F)(F)F)c(-c3cc4c(cc3C)C(C)(C)CCC4(C)C)c2)SC1=S. The van der Waals surface area contributed by atoms with Crippen molar-refractivity contribution in [2.24, 2.45) is 0 Å². The van der Waals surface area contributed by atoms with E-state index in [0.717, 1.165) is 24.0 Å². The van der Waals surface area contributed by atoms with E-state index in [1.807, 2.05) is 19.9 Å². The number of ether oxygens (including phenoxy) is 1. The fourth-order valence-corrected chi connectivity index (χ4v) is 6.38. The standard InChI is InChI=1S/C28H30F3NO2S2/c1-7-32-24(33)23(36-25(32)35)14-17-8-9-22(34-28(29,30)31)19(13-17)18-15-21-20(12-16(18)2)26(3,4)10-11-27(21,5)6/h8-9,12-15H,7,10-11H2,1-6H3. The van der Waals surface area contributed by atoms with E-state index < -0.39 is 6.36 Å². The molecule has 1 aliphatic heterocycles. The second-order valence-corrected chi connectivity index (χ2v) is 12.4. The average molecular weight is 534 g/mol. The van der Waals surface area contributed by atoms with E-state index >= 15 is 0 Å². The molecule has 1 amide bonds. The molecule has 0 spiro atoms. The molecule has 192 valence electrons. The van der Waals surface area contributed by atoms with Gasteiger partial charge in [0.1, 0.15) is 10.1 Å². The van der Waals surface area contributed by atoms with Crippen molar-refractivity contribution >= 4 is 40.3 Å². The Bertz CT molecular complexity index is 1280. The highest BCUT2D eigenvalue weighted by atomic mass is 32.2. The minimum Gasteiger partial charge on any atom is -0.405 e. The summed E-state index contributed by atoms with van der Waals surface area (Å²) in [5.74, 6) is -0.463. The summed E-state index contributed by atoms with van der Waals surface area (Å²) in [5, 5.41) is 0. The largest absolute Gasteiger partial charge is 0.573 e. The zero-order chi connectivity index (χ0) is 26.6. The number of amides is 1.